The average Bonchev–Trinajstić information content (AvgIpc) is 2.30. The van der Waals surface area contributed by atoms with Gasteiger partial charge in [-0.1, -0.05) is 12.1 Å². The highest BCUT2D eigenvalue weighted by atomic mass is 16.3. The lowest BCUT2D eigenvalue weighted by Crippen LogP contribution is -2.19. The van der Waals surface area contributed by atoms with Crippen LogP contribution in [-0.2, 0) is 0 Å². The Morgan fingerprint density at radius 3 is 3.00 bits per heavy atom. The van der Waals surface area contributed by atoms with Crippen molar-refractivity contribution in [3.05, 3.63) is 42.1 Å². The lowest BCUT2D eigenvalue weighted by Gasteiger charge is -2.13. The van der Waals surface area contributed by atoms with Crippen LogP contribution in [0, 0.1) is 0 Å². The fourth-order valence-corrected chi connectivity index (χ4v) is 1.67. The van der Waals surface area contributed by atoms with Gasteiger partial charge in [-0.05, 0) is 30.8 Å². The fraction of sp³-hybridized carbons (Fsp3) is 0.250. The van der Waals surface area contributed by atoms with E-state index in [1.807, 2.05) is 31.3 Å². The molecule has 0 bridgehead atoms. The maximum atomic E-state index is 9.17. The molecular formula is C12H14N2O. The summed E-state index contributed by atoms with van der Waals surface area (Å²) in [5.74, 6) is 0. The van der Waals surface area contributed by atoms with E-state index >= 15 is 0 Å². The average molecular weight is 202 g/mol. The first kappa shape index (κ1) is 10.1. The molecule has 0 saturated heterocycles. The second-order valence-electron chi connectivity index (χ2n) is 3.48. The molecule has 0 radical (unpaired) electrons. The lowest BCUT2D eigenvalue weighted by molar-refractivity contribution is 0.251. The van der Waals surface area contributed by atoms with Crippen molar-refractivity contribution in [3.8, 4) is 0 Å². The molecule has 15 heavy (non-hydrogen) atoms. The maximum Gasteiger partial charge on any atom is 0.0702 e. The van der Waals surface area contributed by atoms with Gasteiger partial charge >= 0.3 is 0 Å². The number of aromatic nitrogens is 1. The number of nitrogens with one attached hydrogen (secondary N) is 1. The first-order chi connectivity index (χ1) is 7.35. The molecular weight excluding hydrogens is 188 g/mol. The maximum absolute atomic E-state index is 9.17. The van der Waals surface area contributed by atoms with E-state index in [4.69, 9.17) is 0 Å². The van der Waals surface area contributed by atoms with E-state index in [1.54, 1.807) is 6.20 Å². The third kappa shape index (κ3) is 1.98. The Morgan fingerprint density at radius 2 is 2.27 bits per heavy atom. The molecule has 2 rings (SSSR count). The summed E-state index contributed by atoms with van der Waals surface area (Å²) in [6.07, 6.45) is 1.78. The largest absolute Gasteiger partial charge is 0.394 e. The van der Waals surface area contributed by atoms with Gasteiger partial charge in [0.05, 0.1) is 18.2 Å². The van der Waals surface area contributed by atoms with Crippen LogP contribution in [0.4, 0.5) is 0 Å². The molecule has 1 aromatic carbocycles. The molecule has 78 valence electrons. The molecule has 1 atom stereocenters. The zero-order valence-corrected chi connectivity index (χ0v) is 8.64. The first-order valence-corrected chi connectivity index (χ1v) is 4.98. The Morgan fingerprint density at radius 1 is 1.40 bits per heavy atom. The van der Waals surface area contributed by atoms with Crippen LogP contribution in [0.1, 0.15) is 11.6 Å². The van der Waals surface area contributed by atoms with E-state index in [9.17, 15) is 5.11 Å². The number of benzene rings is 1. The summed E-state index contributed by atoms with van der Waals surface area (Å²) in [6.45, 7) is 0.0995. The molecule has 1 unspecified atom stereocenters. The van der Waals surface area contributed by atoms with Gasteiger partial charge in [0.1, 0.15) is 0 Å². The van der Waals surface area contributed by atoms with Crippen molar-refractivity contribution in [2.45, 2.75) is 6.04 Å². The topological polar surface area (TPSA) is 45.1 Å². The lowest BCUT2D eigenvalue weighted by atomic mass is 10.1. The third-order valence-electron chi connectivity index (χ3n) is 2.56. The number of rotatable bonds is 3. The summed E-state index contributed by atoms with van der Waals surface area (Å²) < 4.78 is 0. The SMILES string of the molecule is CNC(CO)c1ccc2ncccc2c1. The number of pyridine rings is 1. The Bertz CT molecular complexity index is 452. The number of nitrogens with zero attached hydrogens (tertiary/aromatic N) is 1. The summed E-state index contributed by atoms with van der Waals surface area (Å²) >= 11 is 0. The highest BCUT2D eigenvalue weighted by Crippen LogP contribution is 2.18. The van der Waals surface area contributed by atoms with Gasteiger partial charge in [0.2, 0.25) is 0 Å². The predicted molar refractivity (Wildman–Crippen MR) is 60.6 cm³/mol. The summed E-state index contributed by atoms with van der Waals surface area (Å²) in [7, 11) is 1.84. The summed E-state index contributed by atoms with van der Waals surface area (Å²) in [4.78, 5) is 4.25. The van der Waals surface area contributed by atoms with Gasteiger partial charge in [0, 0.05) is 11.6 Å². The van der Waals surface area contributed by atoms with Gasteiger partial charge in [-0.3, -0.25) is 4.98 Å². The van der Waals surface area contributed by atoms with Crippen LogP contribution in [-0.4, -0.2) is 23.7 Å². The molecule has 2 N–H and O–H groups in total. The third-order valence-corrected chi connectivity index (χ3v) is 2.56. The minimum atomic E-state index is -0.00499. The van der Waals surface area contributed by atoms with Crippen LogP contribution >= 0.6 is 0 Å². The van der Waals surface area contributed by atoms with E-state index in [1.165, 1.54) is 0 Å². The summed E-state index contributed by atoms with van der Waals surface area (Å²) in [6, 6.07) is 9.96. The van der Waals surface area contributed by atoms with Crippen LogP contribution in [0.15, 0.2) is 36.5 Å². The van der Waals surface area contributed by atoms with Crippen LogP contribution in [0.2, 0.25) is 0 Å². The second kappa shape index (κ2) is 4.38. The highest BCUT2D eigenvalue weighted by Gasteiger charge is 2.07. The van der Waals surface area contributed by atoms with E-state index in [2.05, 4.69) is 16.4 Å². The van der Waals surface area contributed by atoms with Crippen LogP contribution in [0.5, 0.6) is 0 Å². The summed E-state index contributed by atoms with van der Waals surface area (Å²) in [5.41, 5.74) is 2.06. The number of fused-ring (bicyclic) bond motifs is 1. The monoisotopic (exact) mass is 202 g/mol. The predicted octanol–water partition coefficient (Wildman–Crippen LogP) is 1.49. The van der Waals surface area contributed by atoms with Crippen molar-refractivity contribution in [1.82, 2.24) is 10.3 Å². The number of hydrogen-bond donors (Lipinski definition) is 2. The Kier molecular flexibility index (Phi) is 2.94. The summed E-state index contributed by atoms with van der Waals surface area (Å²) in [5, 5.41) is 13.3. The minimum Gasteiger partial charge on any atom is -0.394 e. The smallest absolute Gasteiger partial charge is 0.0702 e. The van der Waals surface area contributed by atoms with Gasteiger partial charge < -0.3 is 10.4 Å². The van der Waals surface area contributed by atoms with Gasteiger partial charge in [-0.2, -0.15) is 0 Å². The van der Waals surface area contributed by atoms with Crippen molar-refractivity contribution < 1.29 is 5.11 Å². The molecule has 2 aromatic rings. The molecule has 0 amide bonds. The number of aliphatic hydroxyl groups is 1. The van der Waals surface area contributed by atoms with Gasteiger partial charge in [0.25, 0.3) is 0 Å². The molecule has 0 spiro atoms. The van der Waals surface area contributed by atoms with Crippen molar-refractivity contribution >= 4 is 10.9 Å². The number of hydrogen-bond acceptors (Lipinski definition) is 3. The number of likely N-dealkylation sites (N-methyl/N-ethyl adjacent to an activating group) is 1. The van der Waals surface area contributed by atoms with Crippen LogP contribution in [0.25, 0.3) is 10.9 Å². The van der Waals surface area contributed by atoms with Crippen molar-refractivity contribution in [3.63, 3.8) is 0 Å². The molecule has 0 saturated carbocycles. The fourth-order valence-electron chi connectivity index (χ4n) is 1.67. The molecule has 0 fully saturated rings. The van der Waals surface area contributed by atoms with E-state index in [-0.39, 0.29) is 12.6 Å². The van der Waals surface area contributed by atoms with Crippen molar-refractivity contribution in [2.24, 2.45) is 0 Å². The van der Waals surface area contributed by atoms with Crippen LogP contribution in [0.3, 0.4) is 0 Å². The first-order valence-electron chi connectivity index (χ1n) is 4.98. The second-order valence-corrected chi connectivity index (χ2v) is 3.48. The normalized spacial score (nSPS) is 12.9. The Balaban J connectivity index is 2.46. The van der Waals surface area contributed by atoms with E-state index in [0.29, 0.717) is 0 Å². The molecule has 1 aromatic heterocycles. The molecule has 1 heterocycles. The molecule has 3 nitrogen and oxygen atoms in total. The van der Waals surface area contributed by atoms with Gasteiger partial charge in [-0.25, -0.2) is 0 Å². The van der Waals surface area contributed by atoms with Gasteiger partial charge in [0.15, 0.2) is 0 Å². The minimum absolute atomic E-state index is 0.00499. The number of aliphatic hydroxyl groups excluding tert-OH is 1. The molecule has 0 aliphatic heterocycles. The Hall–Kier alpha value is -1.45. The van der Waals surface area contributed by atoms with Crippen molar-refractivity contribution in [1.29, 1.82) is 0 Å². The molecule has 0 aliphatic carbocycles. The Labute approximate surface area is 88.8 Å². The highest BCUT2D eigenvalue weighted by molar-refractivity contribution is 5.79. The van der Waals surface area contributed by atoms with E-state index in [0.717, 1.165) is 16.5 Å². The quantitative estimate of drug-likeness (QED) is 0.792. The molecule has 0 aliphatic rings. The van der Waals surface area contributed by atoms with Crippen LogP contribution < -0.4 is 5.32 Å². The zero-order chi connectivity index (χ0) is 10.7. The van der Waals surface area contributed by atoms with Gasteiger partial charge in [-0.15, -0.1) is 0 Å². The van der Waals surface area contributed by atoms with Crippen molar-refractivity contribution in [2.75, 3.05) is 13.7 Å². The van der Waals surface area contributed by atoms with E-state index < -0.39 is 0 Å². The zero-order valence-electron chi connectivity index (χ0n) is 8.64. The standard InChI is InChI=1S/C12H14N2O/c1-13-12(8-15)10-4-5-11-9(7-10)3-2-6-14-11/h2-7,12-13,15H,8H2,1H3. The molecule has 3 heteroatoms.